The van der Waals surface area contributed by atoms with Crippen molar-refractivity contribution >= 4 is 43.8 Å². The SMILES string of the molecule is COC(=O)CCC1(CCC(=O)OC)c2cc(Br)ccc2-c2ccc(Br)cc21. The smallest absolute Gasteiger partial charge is 0.305 e. The lowest BCUT2D eigenvalue weighted by atomic mass is 9.71. The van der Waals surface area contributed by atoms with E-state index < -0.39 is 5.41 Å². The first-order chi connectivity index (χ1) is 12.9. The Morgan fingerprint density at radius 2 is 1.22 bits per heavy atom. The van der Waals surface area contributed by atoms with E-state index in [-0.39, 0.29) is 24.8 Å². The molecule has 0 unspecified atom stereocenters. The average molecular weight is 496 g/mol. The maximum Gasteiger partial charge on any atom is 0.305 e. The molecule has 0 aliphatic heterocycles. The number of carbonyl (C=O) groups is 2. The van der Waals surface area contributed by atoms with Crippen LogP contribution in [-0.4, -0.2) is 26.2 Å². The summed E-state index contributed by atoms with van der Waals surface area (Å²) in [7, 11) is 2.79. The largest absolute Gasteiger partial charge is 0.469 e. The molecule has 0 saturated heterocycles. The van der Waals surface area contributed by atoms with Crippen LogP contribution in [0.15, 0.2) is 45.3 Å². The van der Waals surface area contributed by atoms with E-state index >= 15 is 0 Å². The fourth-order valence-electron chi connectivity index (χ4n) is 3.94. The first-order valence-corrected chi connectivity index (χ1v) is 10.2. The molecule has 0 fully saturated rings. The van der Waals surface area contributed by atoms with Crippen LogP contribution in [0.25, 0.3) is 11.1 Å². The molecule has 1 aliphatic rings. The highest BCUT2D eigenvalue weighted by atomic mass is 79.9. The van der Waals surface area contributed by atoms with Gasteiger partial charge in [0.15, 0.2) is 0 Å². The second kappa shape index (κ2) is 8.15. The molecular formula is C21H20Br2O4. The van der Waals surface area contributed by atoms with Crippen molar-refractivity contribution in [1.29, 1.82) is 0 Å². The second-order valence-electron chi connectivity index (χ2n) is 6.61. The summed E-state index contributed by atoms with van der Waals surface area (Å²) in [5.41, 5.74) is 4.06. The van der Waals surface area contributed by atoms with Crippen LogP contribution in [0.1, 0.15) is 36.8 Å². The number of hydrogen-bond donors (Lipinski definition) is 0. The van der Waals surface area contributed by atoms with E-state index in [9.17, 15) is 9.59 Å². The van der Waals surface area contributed by atoms with Crippen LogP contribution < -0.4 is 0 Å². The van der Waals surface area contributed by atoms with Gasteiger partial charge in [-0.25, -0.2) is 0 Å². The Morgan fingerprint density at radius 3 is 1.59 bits per heavy atom. The van der Waals surface area contributed by atoms with Gasteiger partial charge in [0, 0.05) is 27.2 Å². The van der Waals surface area contributed by atoms with E-state index in [0.29, 0.717) is 12.8 Å². The van der Waals surface area contributed by atoms with Crippen molar-refractivity contribution in [3.63, 3.8) is 0 Å². The summed E-state index contributed by atoms with van der Waals surface area (Å²) in [5.74, 6) is -0.514. The number of rotatable bonds is 6. The molecule has 0 aromatic heterocycles. The maximum absolute atomic E-state index is 11.9. The van der Waals surface area contributed by atoms with E-state index in [4.69, 9.17) is 9.47 Å². The molecule has 0 bridgehead atoms. The van der Waals surface area contributed by atoms with E-state index in [1.165, 1.54) is 14.2 Å². The highest BCUT2D eigenvalue weighted by Gasteiger charge is 2.43. The van der Waals surface area contributed by atoms with E-state index in [1.54, 1.807) is 0 Å². The summed E-state index contributed by atoms with van der Waals surface area (Å²) in [5, 5.41) is 0. The summed E-state index contributed by atoms with van der Waals surface area (Å²) in [6.45, 7) is 0. The maximum atomic E-state index is 11.9. The minimum atomic E-state index is -0.458. The van der Waals surface area contributed by atoms with E-state index in [0.717, 1.165) is 31.2 Å². The predicted molar refractivity (Wildman–Crippen MR) is 111 cm³/mol. The zero-order chi connectivity index (χ0) is 19.6. The molecule has 0 atom stereocenters. The predicted octanol–water partition coefficient (Wildman–Crippen LogP) is 5.38. The molecule has 2 aromatic rings. The quantitative estimate of drug-likeness (QED) is 0.504. The normalized spacial score (nSPS) is 13.6. The van der Waals surface area contributed by atoms with Gasteiger partial charge in [0.1, 0.15) is 0 Å². The molecule has 0 saturated carbocycles. The third-order valence-corrected chi connectivity index (χ3v) is 6.24. The zero-order valence-corrected chi connectivity index (χ0v) is 18.4. The minimum Gasteiger partial charge on any atom is -0.469 e. The second-order valence-corrected chi connectivity index (χ2v) is 8.45. The lowest BCUT2D eigenvalue weighted by molar-refractivity contribution is -0.141. The topological polar surface area (TPSA) is 52.6 Å². The van der Waals surface area contributed by atoms with Gasteiger partial charge >= 0.3 is 11.9 Å². The molecule has 4 nitrogen and oxygen atoms in total. The number of carbonyl (C=O) groups excluding carboxylic acids is 2. The molecule has 3 rings (SSSR count). The zero-order valence-electron chi connectivity index (χ0n) is 15.2. The Kier molecular flexibility index (Phi) is 6.06. The molecule has 142 valence electrons. The van der Waals surface area contributed by atoms with Crippen molar-refractivity contribution < 1.29 is 19.1 Å². The van der Waals surface area contributed by atoms with Gasteiger partial charge in [0.05, 0.1) is 14.2 Å². The Bertz CT molecular complexity index is 818. The standard InChI is InChI=1S/C21H20Br2O4/c1-26-19(24)7-9-21(10-8-20(25)27-2)17-11-13(22)3-5-15(17)16-6-4-14(23)12-18(16)21/h3-6,11-12H,7-10H2,1-2H3. The van der Waals surface area contributed by atoms with Gasteiger partial charge in [-0.2, -0.15) is 0 Å². The lowest BCUT2D eigenvalue weighted by Crippen LogP contribution is -2.28. The van der Waals surface area contributed by atoms with Gasteiger partial charge in [-0.05, 0) is 59.4 Å². The summed E-state index contributed by atoms with van der Waals surface area (Å²) in [4.78, 5) is 23.9. The molecule has 0 amide bonds. The van der Waals surface area contributed by atoms with E-state index in [2.05, 4.69) is 56.1 Å². The van der Waals surface area contributed by atoms with Gasteiger partial charge in [-0.3, -0.25) is 9.59 Å². The van der Waals surface area contributed by atoms with Crippen molar-refractivity contribution in [2.75, 3.05) is 14.2 Å². The summed E-state index contributed by atoms with van der Waals surface area (Å²) >= 11 is 7.14. The first kappa shape index (κ1) is 20.1. The number of hydrogen-bond acceptors (Lipinski definition) is 4. The van der Waals surface area contributed by atoms with Crippen LogP contribution in [0.3, 0.4) is 0 Å². The van der Waals surface area contributed by atoms with Gasteiger partial charge in [-0.1, -0.05) is 44.0 Å². The van der Waals surface area contributed by atoms with Crippen LogP contribution in [0.4, 0.5) is 0 Å². The first-order valence-electron chi connectivity index (χ1n) is 8.65. The molecule has 27 heavy (non-hydrogen) atoms. The summed E-state index contributed by atoms with van der Waals surface area (Å²) in [6, 6.07) is 12.4. The van der Waals surface area contributed by atoms with E-state index in [1.807, 2.05) is 12.1 Å². The van der Waals surface area contributed by atoms with Crippen molar-refractivity contribution in [2.24, 2.45) is 0 Å². The molecule has 0 heterocycles. The van der Waals surface area contributed by atoms with Crippen molar-refractivity contribution in [2.45, 2.75) is 31.1 Å². The fraction of sp³-hybridized carbons (Fsp3) is 0.333. The Morgan fingerprint density at radius 1 is 0.815 bits per heavy atom. The highest BCUT2D eigenvalue weighted by Crippen LogP contribution is 2.54. The van der Waals surface area contributed by atoms with Gasteiger partial charge in [-0.15, -0.1) is 0 Å². The van der Waals surface area contributed by atoms with Gasteiger partial charge in [0.2, 0.25) is 0 Å². The minimum absolute atomic E-state index is 0.257. The van der Waals surface area contributed by atoms with Crippen molar-refractivity contribution in [3.8, 4) is 11.1 Å². The average Bonchev–Trinajstić information content (AvgIpc) is 2.93. The number of halogens is 2. The van der Waals surface area contributed by atoms with Crippen LogP contribution in [0, 0.1) is 0 Å². The molecule has 0 N–H and O–H groups in total. The summed E-state index contributed by atoms with van der Waals surface area (Å²) in [6.07, 6.45) is 1.66. The number of esters is 2. The molecule has 0 spiro atoms. The number of methoxy groups -OCH3 is 2. The third kappa shape index (κ3) is 3.83. The molecule has 6 heteroatoms. The Hall–Kier alpha value is -1.66. The van der Waals surface area contributed by atoms with Crippen LogP contribution in [-0.2, 0) is 24.5 Å². The fourth-order valence-corrected chi connectivity index (χ4v) is 4.66. The number of fused-ring (bicyclic) bond motifs is 3. The lowest BCUT2D eigenvalue weighted by Gasteiger charge is -2.32. The molecular weight excluding hydrogens is 476 g/mol. The highest BCUT2D eigenvalue weighted by molar-refractivity contribution is 9.10. The molecule has 1 aliphatic carbocycles. The monoisotopic (exact) mass is 494 g/mol. The Labute approximate surface area is 175 Å². The molecule has 0 radical (unpaired) electrons. The third-order valence-electron chi connectivity index (χ3n) is 5.25. The van der Waals surface area contributed by atoms with Crippen LogP contribution in [0.5, 0.6) is 0 Å². The Balaban J connectivity index is 2.17. The molecule has 2 aromatic carbocycles. The van der Waals surface area contributed by atoms with Crippen LogP contribution >= 0.6 is 31.9 Å². The van der Waals surface area contributed by atoms with Crippen molar-refractivity contribution in [3.05, 3.63) is 56.5 Å². The summed E-state index contributed by atoms with van der Waals surface area (Å²) < 4.78 is 11.7. The van der Waals surface area contributed by atoms with Crippen LogP contribution in [0.2, 0.25) is 0 Å². The number of ether oxygens (including phenoxy) is 2. The van der Waals surface area contributed by atoms with Crippen molar-refractivity contribution in [1.82, 2.24) is 0 Å². The van der Waals surface area contributed by atoms with Gasteiger partial charge < -0.3 is 9.47 Å². The van der Waals surface area contributed by atoms with Gasteiger partial charge in [0.25, 0.3) is 0 Å². The number of benzene rings is 2.